The van der Waals surface area contributed by atoms with Gasteiger partial charge in [0.05, 0.1) is 11.8 Å². The van der Waals surface area contributed by atoms with Gasteiger partial charge in [0.25, 0.3) is 5.91 Å². The van der Waals surface area contributed by atoms with Gasteiger partial charge in [-0.3, -0.25) is 4.79 Å². The Morgan fingerprint density at radius 3 is 2.64 bits per heavy atom. The van der Waals surface area contributed by atoms with Crippen LogP contribution >= 0.6 is 11.3 Å². The maximum absolute atomic E-state index is 12.2. The third-order valence-corrected chi connectivity index (χ3v) is 4.51. The fourth-order valence-corrected chi connectivity index (χ4v) is 2.94. The van der Waals surface area contributed by atoms with Gasteiger partial charge >= 0.3 is 0 Å². The Morgan fingerprint density at radius 1 is 1.36 bits per heavy atom. The Hall–Kier alpha value is -1.92. The first kappa shape index (κ1) is 16.5. The van der Waals surface area contributed by atoms with E-state index in [0.29, 0.717) is 17.0 Å². The molecule has 1 aromatic carbocycles. The number of hydrogen-bond donors (Lipinski definition) is 2. The second kappa shape index (κ2) is 7.38. The summed E-state index contributed by atoms with van der Waals surface area (Å²) in [5.74, 6) is -0.185. The molecule has 5 nitrogen and oxygen atoms in total. The van der Waals surface area contributed by atoms with E-state index in [4.69, 9.17) is 0 Å². The molecule has 2 aromatic rings. The molecule has 22 heavy (non-hydrogen) atoms. The number of thiazole rings is 1. The molecule has 1 heterocycles. The maximum Gasteiger partial charge on any atom is 0.263 e. The minimum Gasteiger partial charge on any atom is -0.391 e. The molecule has 118 valence electrons. The number of carbonyl (C=O) groups excluding carboxylic acids is 1. The molecular formula is C16H21N3O2S. The summed E-state index contributed by atoms with van der Waals surface area (Å²) >= 11 is 1.35. The first-order valence-corrected chi connectivity index (χ1v) is 7.94. The number of aliphatic hydroxyl groups is 1. The van der Waals surface area contributed by atoms with Crippen molar-refractivity contribution in [2.45, 2.75) is 19.4 Å². The molecule has 0 spiro atoms. The van der Waals surface area contributed by atoms with Crippen molar-refractivity contribution in [1.82, 2.24) is 10.3 Å². The van der Waals surface area contributed by atoms with Gasteiger partial charge in [0.15, 0.2) is 5.13 Å². The molecule has 0 saturated carbocycles. The fraction of sp³-hybridized carbons (Fsp3) is 0.375. The number of aliphatic hydroxyl groups excluding tert-OH is 1. The van der Waals surface area contributed by atoms with Crippen molar-refractivity contribution in [2.24, 2.45) is 0 Å². The highest BCUT2D eigenvalue weighted by Gasteiger charge is 2.17. The standard InChI is InChI=1S/C16H21N3O2S/c1-11-14(22-16(18-11)19(2)3)15(21)17-10-13(20)9-12-7-5-4-6-8-12/h4-8,13,20H,9-10H2,1-3H3,(H,17,21). The van der Waals surface area contributed by atoms with Gasteiger partial charge in [-0.2, -0.15) is 0 Å². The SMILES string of the molecule is Cc1nc(N(C)C)sc1C(=O)NCC(O)Cc1ccccc1. The van der Waals surface area contributed by atoms with E-state index < -0.39 is 6.10 Å². The third kappa shape index (κ3) is 4.29. The van der Waals surface area contributed by atoms with E-state index in [9.17, 15) is 9.90 Å². The van der Waals surface area contributed by atoms with Crippen molar-refractivity contribution >= 4 is 22.4 Å². The second-order valence-electron chi connectivity index (χ2n) is 5.36. The summed E-state index contributed by atoms with van der Waals surface area (Å²) in [5, 5.41) is 13.6. The van der Waals surface area contributed by atoms with Crippen LogP contribution in [0.4, 0.5) is 5.13 Å². The molecule has 1 unspecified atom stereocenters. The Labute approximate surface area is 134 Å². The van der Waals surface area contributed by atoms with Crippen LogP contribution in [0.3, 0.4) is 0 Å². The van der Waals surface area contributed by atoms with Crippen LogP contribution in [0.25, 0.3) is 0 Å². The minimum absolute atomic E-state index is 0.185. The quantitative estimate of drug-likeness (QED) is 0.853. The zero-order valence-electron chi connectivity index (χ0n) is 13.0. The molecule has 0 fully saturated rings. The lowest BCUT2D eigenvalue weighted by molar-refractivity contribution is 0.0919. The van der Waals surface area contributed by atoms with Crippen LogP contribution in [0.1, 0.15) is 20.9 Å². The highest BCUT2D eigenvalue weighted by atomic mass is 32.1. The Morgan fingerprint density at radius 2 is 2.05 bits per heavy atom. The Balaban J connectivity index is 1.89. The van der Waals surface area contributed by atoms with E-state index in [1.807, 2.05) is 56.3 Å². The van der Waals surface area contributed by atoms with Gasteiger partial charge in [-0.1, -0.05) is 41.7 Å². The molecular weight excluding hydrogens is 298 g/mol. The summed E-state index contributed by atoms with van der Waals surface area (Å²) in [6.45, 7) is 2.04. The number of anilines is 1. The van der Waals surface area contributed by atoms with Crippen LogP contribution in [0.15, 0.2) is 30.3 Å². The van der Waals surface area contributed by atoms with E-state index in [2.05, 4.69) is 10.3 Å². The van der Waals surface area contributed by atoms with Gasteiger partial charge in [0, 0.05) is 27.1 Å². The second-order valence-corrected chi connectivity index (χ2v) is 6.34. The maximum atomic E-state index is 12.2. The first-order valence-electron chi connectivity index (χ1n) is 7.12. The topological polar surface area (TPSA) is 65.5 Å². The molecule has 0 saturated heterocycles. The number of aromatic nitrogens is 1. The summed E-state index contributed by atoms with van der Waals surface area (Å²) in [5.41, 5.74) is 1.76. The number of nitrogens with one attached hydrogen (secondary N) is 1. The number of nitrogens with zero attached hydrogens (tertiary/aromatic N) is 2. The highest BCUT2D eigenvalue weighted by Crippen LogP contribution is 2.24. The Kier molecular flexibility index (Phi) is 5.51. The summed E-state index contributed by atoms with van der Waals surface area (Å²) < 4.78 is 0. The predicted molar refractivity (Wildman–Crippen MR) is 89.7 cm³/mol. The largest absolute Gasteiger partial charge is 0.391 e. The average Bonchev–Trinajstić information content (AvgIpc) is 2.88. The van der Waals surface area contributed by atoms with Crippen molar-refractivity contribution < 1.29 is 9.90 Å². The Bertz CT molecular complexity index is 626. The van der Waals surface area contributed by atoms with Gasteiger partial charge in [0.2, 0.25) is 0 Å². The lowest BCUT2D eigenvalue weighted by atomic mass is 10.1. The molecule has 0 bridgehead atoms. The number of carbonyl (C=O) groups is 1. The van der Waals surface area contributed by atoms with Crippen molar-refractivity contribution in [1.29, 1.82) is 0 Å². The summed E-state index contributed by atoms with van der Waals surface area (Å²) in [7, 11) is 3.78. The minimum atomic E-state index is -0.604. The monoisotopic (exact) mass is 319 g/mol. The van der Waals surface area contributed by atoms with Crippen LogP contribution in [0.5, 0.6) is 0 Å². The summed E-state index contributed by atoms with van der Waals surface area (Å²) in [4.78, 5) is 19.0. The van der Waals surface area contributed by atoms with Crippen LogP contribution in [-0.4, -0.2) is 42.7 Å². The lowest BCUT2D eigenvalue weighted by Gasteiger charge is -2.11. The summed E-state index contributed by atoms with van der Waals surface area (Å²) in [6, 6.07) is 9.73. The first-order chi connectivity index (χ1) is 10.5. The van der Waals surface area contributed by atoms with Crippen molar-refractivity contribution in [3.05, 3.63) is 46.5 Å². The van der Waals surface area contributed by atoms with E-state index in [0.717, 1.165) is 10.7 Å². The molecule has 1 amide bonds. The van der Waals surface area contributed by atoms with Crippen LogP contribution < -0.4 is 10.2 Å². The number of aryl methyl sites for hydroxylation is 1. The molecule has 2 N–H and O–H groups in total. The van der Waals surface area contributed by atoms with E-state index in [1.54, 1.807) is 0 Å². The number of benzene rings is 1. The van der Waals surface area contributed by atoms with E-state index in [1.165, 1.54) is 11.3 Å². The molecule has 1 aromatic heterocycles. The molecule has 0 aliphatic carbocycles. The van der Waals surface area contributed by atoms with E-state index >= 15 is 0 Å². The number of hydrogen-bond acceptors (Lipinski definition) is 5. The third-order valence-electron chi connectivity index (χ3n) is 3.19. The molecule has 2 rings (SSSR count). The molecule has 0 aliphatic rings. The average molecular weight is 319 g/mol. The van der Waals surface area contributed by atoms with Crippen LogP contribution in [-0.2, 0) is 6.42 Å². The fourth-order valence-electron chi connectivity index (χ4n) is 2.03. The molecule has 0 radical (unpaired) electrons. The van der Waals surface area contributed by atoms with Crippen molar-refractivity contribution in [2.75, 3.05) is 25.5 Å². The normalized spacial score (nSPS) is 12.0. The van der Waals surface area contributed by atoms with Gasteiger partial charge in [-0.15, -0.1) is 0 Å². The van der Waals surface area contributed by atoms with Gasteiger partial charge in [-0.05, 0) is 12.5 Å². The smallest absolute Gasteiger partial charge is 0.263 e. The zero-order chi connectivity index (χ0) is 16.1. The van der Waals surface area contributed by atoms with Crippen LogP contribution in [0, 0.1) is 6.92 Å². The van der Waals surface area contributed by atoms with Gasteiger partial charge in [0.1, 0.15) is 4.88 Å². The predicted octanol–water partition coefficient (Wildman–Crippen LogP) is 1.85. The van der Waals surface area contributed by atoms with Crippen molar-refractivity contribution in [3.8, 4) is 0 Å². The zero-order valence-corrected chi connectivity index (χ0v) is 13.9. The number of rotatable bonds is 6. The van der Waals surface area contributed by atoms with Gasteiger partial charge in [-0.25, -0.2) is 4.98 Å². The molecule has 6 heteroatoms. The highest BCUT2D eigenvalue weighted by molar-refractivity contribution is 7.17. The van der Waals surface area contributed by atoms with E-state index in [-0.39, 0.29) is 12.5 Å². The van der Waals surface area contributed by atoms with Gasteiger partial charge < -0.3 is 15.3 Å². The van der Waals surface area contributed by atoms with Crippen LogP contribution in [0.2, 0.25) is 0 Å². The lowest BCUT2D eigenvalue weighted by Crippen LogP contribution is -2.33. The number of amides is 1. The molecule has 0 aliphatic heterocycles. The summed E-state index contributed by atoms with van der Waals surface area (Å²) in [6.07, 6.45) is -0.0842. The van der Waals surface area contributed by atoms with Crippen molar-refractivity contribution in [3.63, 3.8) is 0 Å². The molecule has 1 atom stereocenters.